The molecule has 1 aromatic heterocycles. The van der Waals surface area contributed by atoms with E-state index in [1.54, 1.807) is 30.3 Å². The van der Waals surface area contributed by atoms with Crippen LogP contribution in [0.2, 0.25) is 0 Å². The summed E-state index contributed by atoms with van der Waals surface area (Å²) in [6.07, 6.45) is 0. The molecule has 0 bridgehead atoms. The largest absolute Gasteiger partial charge is 0.504 e. The number of benzene rings is 2. The van der Waals surface area contributed by atoms with Crippen LogP contribution in [-0.2, 0) is 0 Å². The molecule has 6 heteroatoms. The summed E-state index contributed by atoms with van der Waals surface area (Å²) < 4.78 is 10.6. The molecule has 0 spiro atoms. The van der Waals surface area contributed by atoms with Gasteiger partial charge < -0.3 is 24.5 Å². The van der Waals surface area contributed by atoms with Gasteiger partial charge >= 0.3 is 0 Å². The van der Waals surface area contributed by atoms with E-state index in [1.165, 1.54) is 7.11 Å². The van der Waals surface area contributed by atoms with E-state index in [0.717, 1.165) is 6.07 Å². The molecule has 0 aliphatic rings. The van der Waals surface area contributed by atoms with Crippen LogP contribution in [0.5, 0.6) is 23.0 Å². The maximum absolute atomic E-state index is 12.3. The zero-order valence-corrected chi connectivity index (χ0v) is 11.5. The van der Waals surface area contributed by atoms with Crippen LogP contribution in [0.15, 0.2) is 45.6 Å². The van der Waals surface area contributed by atoms with Gasteiger partial charge in [-0.25, -0.2) is 0 Å². The van der Waals surface area contributed by atoms with E-state index < -0.39 is 22.7 Å². The number of phenols is 2. The van der Waals surface area contributed by atoms with Gasteiger partial charge in [0.15, 0.2) is 28.6 Å². The lowest BCUT2D eigenvalue weighted by Crippen LogP contribution is -2.04. The van der Waals surface area contributed by atoms with Crippen molar-refractivity contribution >= 4 is 11.0 Å². The van der Waals surface area contributed by atoms with Crippen molar-refractivity contribution in [2.75, 3.05) is 7.11 Å². The van der Waals surface area contributed by atoms with Crippen LogP contribution < -0.4 is 10.2 Å². The van der Waals surface area contributed by atoms with Gasteiger partial charge in [0.05, 0.1) is 7.11 Å². The molecule has 0 aliphatic heterocycles. The van der Waals surface area contributed by atoms with Crippen LogP contribution in [0.4, 0.5) is 0 Å². The molecule has 22 heavy (non-hydrogen) atoms. The Hall–Kier alpha value is -3.15. The highest BCUT2D eigenvalue weighted by Crippen LogP contribution is 2.41. The number of methoxy groups -OCH3 is 1. The summed E-state index contributed by atoms with van der Waals surface area (Å²) in [5, 5.41) is 29.3. The van der Waals surface area contributed by atoms with Crippen LogP contribution in [0.25, 0.3) is 22.3 Å². The van der Waals surface area contributed by atoms with Gasteiger partial charge in [0, 0.05) is 11.6 Å². The summed E-state index contributed by atoms with van der Waals surface area (Å²) in [7, 11) is 1.33. The highest BCUT2D eigenvalue weighted by molar-refractivity contribution is 5.93. The van der Waals surface area contributed by atoms with Crippen molar-refractivity contribution in [3.8, 4) is 34.3 Å². The zero-order valence-electron chi connectivity index (χ0n) is 11.5. The Balaban J connectivity index is 2.47. The van der Waals surface area contributed by atoms with Crippen LogP contribution in [0.3, 0.4) is 0 Å². The number of phenolic OH excluding ortho intramolecular Hbond substituents is 2. The van der Waals surface area contributed by atoms with Gasteiger partial charge in [0.25, 0.3) is 0 Å². The van der Waals surface area contributed by atoms with E-state index >= 15 is 0 Å². The van der Waals surface area contributed by atoms with Gasteiger partial charge in [-0.3, -0.25) is 4.79 Å². The second-order valence-corrected chi connectivity index (χ2v) is 4.63. The molecule has 0 aliphatic carbocycles. The molecule has 3 aromatic rings. The maximum Gasteiger partial charge on any atom is 0.239 e. The third-order valence-corrected chi connectivity index (χ3v) is 3.32. The monoisotopic (exact) mass is 300 g/mol. The van der Waals surface area contributed by atoms with Gasteiger partial charge in [0.2, 0.25) is 11.2 Å². The second-order valence-electron chi connectivity index (χ2n) is 4.63. The quantitative estimate of drug-likeness (QED) is 0.629. The molecule has 0 radical (unpaired) electrons. The molecule has 2 aromatic carbocycles. The summed E-state index contributed by atoms with van der Waals surface area (Å²) in [6.45, 7) is 0. The number of aromatic hydroxyl groups is 3. The van der Waals surface area contributed by atoms with Crippen LogP contribution in [0, 0.1) is 0 Å². The van der Waals surface area contributed by atoms with Crippen molar-refractivity contribution < 1.29 is 24.5 Å². The fraction of sp³-hybridized carbons (Fsp3) is 0.0625. The molecule has 0 unspecified atom stereocenters. The Morgan fingerprint density at radius 3 is 2.36 bits per heavy atom. The number of ether oxygens (including phenoxy) is 1. The summed E-state index contributed by atoms with van der Waals surface area (Å²) in [6, 6.07) is 9.69. The smallest absolute Gasteiger partial charge is 0.239 e. The lowest BCUT2D eigenvalue weighted by Gasteiger charge is -2.10. The van der Waals surface area contributed by atoms with Crippen molar-refractivity contribution in [1.29, 1.82) is 0 Å². The first-order valence-corrected chi connectivity index (χ1v) is 6.38. The fourth-order valence-electron chi connectivity index (χ4n) is 2.24. The lowest BCUT2D eigenvalue weighted by atomic mass is 10.1. The van der Waals surface area contributed by atoms with E-state index in [0.29, 0.717) is 5.56 Å². The third-order valence-electron chi connectivity index (χ3n) is 3.32. The Labute approximate surface area is 124 Å². The first-order valence-electron chi connectivity index (χ1n) is 6.38. The van der Waals surface area contributed by atoms with E-state index in [2.05, 4.69) is 0 Å². The second kappa shape index (κ2) is 5.00. The van der Waals surface area contributed by atoms with Gasteiger partial charge in [-0.1, -0.05) is 30.3 Å². The minimum Gasteiger partial charge on any atom is -0.504 e. The standard InChI is InChI=1S/C16H12O6/c1-21-10-7-9(17)12(18)11-13(19)14(20)15(22-16(10)11)8-5-3-2-4-6-8/h2-7,17-18,20H,1H3. The van der Waals surface area contributed by atoms with E-state index in [4.69, 9.17) is 9.15 Å². The molecule has 3 N–H and O–H groups in total. The van der Waals surface area contributed by atoms with Crippen molar-refractivity contribution in [1.82, 2.24) is 0 Å². The molecule has 0 fully saturated rings. The summed E-state index contributed by atoms with van der Waals surface area (Å²) in [5.74, 6) is -1.83. The van der Waals surface area contributed by atoms with Crippen molar-refractivity contribution in [3.05, 3.63) is 46.6 Å². The molecule has 0 saturated carbocycles. The Morgan fingerprint density at radius 1 is 1.05 bits per heavy atom. The fourth-order valence-corrected chi connectivity index (χ4v) is 2.24. The van der Waals surface area contributed by atoms with E-state index in [9.17, 15) is 20.1 Å². The maximum atomic E-state index is 12.3. The average Bonchev–Trinajstić information content (AvgIpc) is 2.54. The normalized spacial score (nSPS) is 10.8. The van der Waals surface area contributed by atoms with Crippen molar-refractivity contribution in [2.45, 2.75) is 0 Å². The summed E-state index contributed by atoms with van der Waals surface area (Å²) in [4.78, 5) is 12.3. The molecular formula is C16H12O6. The molecular weight excluding hydrogens is 288 g/mol. The van der Waals surface area contributed by atoms with Gasteiger partial charge in [0.1, 0.15) is 5.39 Å². The van der Waals surface area contributed by atoms with Crippen molar-refractivity contribution in [2.24, 2.45) is 0 Å². The number of rotatable bonds is 2. The van der Waals surface area contributed by atoms with Crippen LogP contribution in [-0.4, -0.2) is 22.4 Å². The van der Waals surface area contributed by atoms with E-state index in [1.807, 2.05) is 0 Å². The highest BCUT2D eigenvalue weighted by Gasteiger charge is 2.22. The molecule has 3 rings (SSSR count). The SMILES string of the molecule is COc1cc(O)c(O)c2c(=O)c(O)c(-c3ccccc3)oc12. The van der Waals surface area contributed by atoms with E-state index in [-0.39, 0.29) is 22.5 Å². The molecule has 6 nitrogen and oxygen atoms in total. The van der Waals surface area contributed by atoms with Gasteiger partial charge in [-0.2, -0.15) is 0 Å². The molecule has 0 atom stereocenters. The number of fused-ring (bicyclic) bond motifs is 1. The molecule has 1 heterocycles. The predicted molar refractivity (Wildman–Crippen MR) is 79.5 cm³/mol. The van der Waals surface area contributed by atoms with Gasteiger partial charge in [-0.05, 0) is 0 Å². The lowest BCUT2D eigenvalue weighted by molar-refractivity contribution is 0.383. The summed E-state index contributed by atoms with van der Waals surface area (Å²) >= 11 is 0. The molecule has 0 amide bonds. The van der Waals surface area contributed by atoms with Crippen molar-refractivity contribution in [3.63, 3.8) is 0 Å². The highest BCUT2D eigenvalue weighted by atomic mass is 16.5. The van der Waals surface area contributed by atoms with Gasteiger partial charge in [-0.15, -0.1) is 0 Å². The Morgan fingerprint density at radius 2 is 1.73 bits per heavy atom. The third kappa shape index (κ3) is 1.93. The average molecular weight is 300 g/mol. The zero-order chi connectivity index (χ0) is 15.9. The van der Waals surface area contributed by atoms with Crippen LogP contribution in [0.1, 0.15) is 0 Å². The molecule has 0 saturated heterocycles. The first kappa shape index (κ1) is 13.8. The van der Waals surface area contributed by atoms with Crippen LogP contribution >= 0.6 is 0 Å². The Kier molecular flexibility index (Phi) is 3.14. The first-order chi connectivity index (χ1) is 10.5. The minimum absolute atomic E-state index is 0.0403. The molecule has 112 valence electrons. The minimum atomic E-state index is -0.855. The number of hydrogen-bond acceptors (Lipinski definition) is 6. The number of hydrogen-bond donors (Lipinski definition) is 3. The summed E-state index contributed by atoms with van der Waals surface area (Å²) in [5.41, 5.74) is -0.417. The Bertz CT molecular complexity index is 912. The predicted octanol–water partition coefficient (Wildman–Crippen LogP) is 2.59. The topological polar surface area (TPSA) is 100 Å².